The Kier molecular flexibility index (Phi) is 3.65. The van der Waals surface area contributed by atoms with E-state index >= 15 is 0 Å². The second-order valence-corrected chi connectivity index (χ2v) is 3.84. The Bertz CT molecular complexity index is 665. The molecule has 0 atom stereocenters. The summed E-state index contributed by atoms with van der Waals surface area (Å²) in [5, 5.41) is 9.87. The van der Waals surface area contributed by atoms with Crippen LogP contribution in [0.25, 0.3) is 11.3 Å². The van der Waals surface area contributed by atoms with Gasteiger partial charge in [0.2, 0.25) is 0 Å². The van der Waals surface area contributed by atoms with Gasteiger partial charge in [0, 0.05) is 12.5 Å². The van der Waals surface area contributed by atoms with E-state index in [-0.39, 0.29) is 17.1 Å². The number of hydrogen-bond donors (Lipinski definition) is 2. The minimum Gasteiger partial charge on any atom is -0.493 e. The Labute approximate surface area is 113 Å². The van der Waals surface area contributed by atoms with Crippen molar-refractivity contribution in [3.8, 4) is 22.8 Å². The van der Waals surface area contributed by atoms with Crippen LogP contribution in [0.15, 0.2) is 18.2 Å². The van der Waals surface area contributed by atoms with E-state index in [1.807, 2.05) is 0 Å². The number of rotatable bonds is 4. The van der Waals surface area contributed by atoms with Crippen LogP contribution in [0.3, 0.4) is 0 Å². The smallest absolute Gasteiger partial charge is 0.308 e. The van der Waals surface area contributed by atoms with Crippen molar-refractivity contribution in [1.82, 2.24) is 15.4 Å². The number of aromatic amines is 1. The zero-order chi connectivity index (χ0) is 14.7. The number of nitrogens with one attached hydrogen (secondary N) is 1. The molecule has 0 bridgehead atoms. The third kappa shape index (κ3) is 2.58. The van der Waals surface area contributed by atoms with Crippen LogP contribution in [-0.2, 0) is 4.79 Å². The average Bonchev–Trinajstić information content (AvgIpc) is 2.87. The highest BCUT2D eigenvalue weighted by Crippen LogP contribution is 2.32. The Morgan fingerprint density at radius 1 is 1.25 bits per heavy atom. The van der Waals surface area contributed by atoms with E-state index in [1.165, 1.54) is 20.1 Å². The molecule has 8 nitrogen and oxygen atoms in total. The number of benzene rings is 1. The fourth-order valence-electron chi connectivity index (χ4n) is 1.66. The Balaban J connectivity index is 2.50. The van der Waals surface area contributed by atoms with Crippen molar-refractivity contribution >= 4 is 11.9 Å². The molecule has 0 spiro atoms. The highest BCUT2D eigenvalue weighted by Gasteiger charge is 2.17. The van der Waals surface area contributed by atoms with Crippen LogP contribution in [0.4, 0.5) is 0 Å². The third-order valence-corrected chi connectivity index (χ3v) is 2.47. The summed E-state index contributed by atoms with van der Waals surface area (Å²) >= 11 is 0. The summed E-state index contributed by atoms with van der Waals surface area (Å²) in [4.78, 5) is 22.3. The second-order valence-electron chi connectivity index (χ2n) is 3.84. The molecule has 0 saturated carbocycles. The number of nitrogens with zero attached hydrogens (tertiary/aromatic N) is 2. The molecule has 0 aliphatic carbocycles. The Morgan fingerprint density at radius 3 is 2.60 bits per heavy atom. The molecule has 3 N–H and O–H groups in total. The number of primary amides is 1. The van der Waals surface area contributed by atoms with Crippen LogP contribution < -0.4 is 15.2 Å². The molecule has 8 heteroatoms. The fraction of sp³-hybridized carbons (Fsp3) is 0.167. The van der Waals surface area contributed by atoms with Crippen LogP contribution in [0.5, 0.6) is 11.5 Å². The Morgan fingerprint density at radius 2 is 2.00 bits per heavy atom. The quantitative estimate of drug-likeness (QED) is 0.619. The van der Waals surface area contributed by atoms with Crippen molar-refractivity contribution in [2.75, 3.05) is 7.11 Å². The lowest BCUT2D eigenvalue weighted by Crippen LogP contribution is -2.12. The maximum atomic E-state index is 11.2. The molecule has 1 aromatic heterocycles. The summed E-state index contributed by atoms with van der Waals surface area (Å²) in [7, 11) is 1.45. The van der Waals surface area contributed by atoms with Crippen molar-refractivity contribution in [3.05, 3.63) is 23.9 Å². The topological polar surface area (TPSA) is 120 Å². The van der Waals surface area contributed by atoms with Crippen molar-refractivity contribution in [3.63, 3.8) is 0 Å². The first-order valence-corrected chi connectivity index (χ1v) is 5.60. The summed E-state index contributed by atoms with van der Waals surface area (Å²) in [6.07, 6.45) is 0. The predicted molar refractivity (Wildman–Crippen MR) is 68.2 cm³/mol. The summed E-state index contributed by atoms with van der Waals surface area (Å²) < 4.78 is 10.1. The van der Waals surface area contributed by atoms with Gasteiger partial charge in [-0.05, 0) is 18.2 Å². The van der Waals surface area contributed by atoms with E-state index in [4.69, 9.17) is 15.2 Å². The number of ether oxygens (including phenoxy) is 2. The first-order chi connectivity index (χ1) is 9.52. The number of carbonyl (C=O) groups excluding carboxylic acids is 2. The summed E-state index contributed by atoms with van der Waals surface area (Å²) in [5.74, 6) is -0.599. The number of H-pyrrole nitrogens is 1. The molecule has 0 radical (unpaired) electrons. The van der Waals surface area contributed by atoms with Crippen LogP contribution >= 0.6 is 0 Å². The largest absolute Gasteiger partial charge is 0.493 e. The third-order valence-electron chi connectivity index (χ3n) is 2.47. The van der Waals surface area contributed by atoms with E-state index in [0.29, 0.717) is 11.3 Å². The van der Waals surface area contributed by atoms with Gasteiger partial charge in [-0.3, -0.25) is 9.59 Å². The average molecular weight is 276 g/mol. The molecule has 104 valence electrons. The lowest BCUT2D eigenvalue weighted by Gasteiger charge is -2.09. The van der Waals surface area contributed by atoms with Gasteiger partial charge < -0.3 is 15.2 Å². The van der Waals surface area contributed by atoms with Crippen molar-refractivity contribution in [2.45, 2.75) is 6.92 Å². The minimum absolute atomic E-state index is 0.00365. The number of hydrogen-bond acceptors (Lipinski definition) is 6. The number of methoxy groups -OCH3 is 1. The van der Waals surface area contributed by atoms with Gasteiger partial charge in [0.1, 0.15) is 5.69 Å². The van der Waals surface area contributed by atoms with Gasteiger partial charge in [-0.1, -0.05) is 0 Å². The molecule has 0 unspecified atom stereocenters. The van der Waals surface area contributed by atoms with Crippen molar-refractivity contribution in [1.29, 1.82) is 0 Å². The van der Waals surface area contributed by atoms with Crippen molar-refractivity contribution in [2.24, 2.45) is 5.73 Å². The molecular formula is C12H12N4O4. The number of aromatic nitrogens is 3. The molecule has 1 amide bonds. The standard InChI is InChI=1S/C12H12N4O4/c1-6(17)20-9-5-7(3-4-8(9)19-2)10-11(12(13)18)15-16-14-10/h3-5H,1-2H3,(H2,13,18)(H,14,15,16). The number of esters is 1. The van der Waals surface area contributed by atoms with E-state index in [2.05, 4.69) is 15.4 Å². The SMILES string of the molecule is COc1ccc(-c2n[nH]nc2C(N)=O)cc1OC(C)=O. The summed E-state index contributed by atoms with van der Waals surface area (Å²) in [6.45, 7) is 1.27. The van der Waals surface area contributed by atoms with Crippen molar-refractivity contribution < 1.29 is 19.1 Å². The molecule has 2 rings (SSSR count). The number of amides is 1. The maximum absolute atomic E-state index is 11.2. The van der Waals surface area contributed by atoms with Gasteiger partial charge in [-0.2, -0.15) is 15.4 Å². The van der Waals surface area contributed by atoms with Crippen LogP contribution in [0.2, 0.25) is 0 Å². The molecule has 1 aromatic carbocycles. The first-order valence-electron chi connectivity index (χ1n) is 5.60. The van der Waals surface area contributed by atoms with Gasteiger partial charge in [0.25, 0.3) is 5.91 Å². The molecule has 20 heavy (non-hydrogen) atoms. The summed E-state index contributed by atoms with van der Waals surface area (Å²) in [5.41, 5.74) is 5.99. The number of carbonyl (C=O) groups is 2. The van der Waals surface area contributed by atoms with Gasteiger partial charge in [-0.25, -0.2) is 0 Å². The monoisotopic (exact) mass is 276 g/mol. The predicted octanol–water partition coefficient (Wildman–Crippen LogP) is 0.504. The molecule has 0 saturated heterocycles. The summed E-state index contributed by atoms with van der Waals surface area (Å²) in [6, 6.07) is 4.76. The highest BCUT2D eigenvalue weighted by molar-refractivity contribution is 5.96. The molecular weight excluding hydrogens is 264 g/mol. The lowest BCUT2D eigenvalue weighted by atomic mass is 10.1. The van der Waals surface area contributed by atoms with Gasteiger partial charge in [0.05, 0.1) is 7.11 Å². The highest BCUT2D eigenvalue weighted by atomic mass is 16.6. The van der Waals surface area contributed by atoms with Gasteiger partial charge in [-0.15, -0.1) is 0 Å². The van der Waals surface area contributed by atoms with E-state index in [1.54, 1.807) is 12.1 Å². The second kappa shape index (κ2) is 5.39. The van der Waals surface area contributed by atoms with E-state index in [0.717, 1.165) is 0 Å². The van der Waals surface area contributed by atoms with Crippen LogP contribution in [-0.4, -0.2) is 34.4 Å². The fourth-order valence-corrected chi connectivity index (χ4v) is 1.66. The molecule has 2 aromatic rings. The van der Waals surface area contributed by atoms with E-state index in [9.17, 15) is 9.59 Å². The normalized spacial score (nSPS) is 10.1. The number of nitrogens with two attached hydrogens (primary N) is 1. The first kappa shape index (κ1) is 13.5. The minimum atomic E-state index is -0.710. The van der Waals surface area contributed by atoms with Crippen LogP contribution in [0, 0.1) is 0 Å². The Hall–Kier alpha value is -2.90. The molecule has 0 aliphatic heterocycles. The van der Waals surface area contributed by atoms with Crippen LogP contribution in [0.1, 0.15) is 17.4 Å². The molecule has 0 fully saturated rings. The van der Waals surface area contributed by atoms with E-state index < -0.39 is 11.9 Å². The zero-order valence-corrected chi connectivity index (χ0v) is 10.8. The molecule has 0 aliphatic rings. The lowest BCUT2D eigenvalue weighted by molar-refractivity contribution is -0.132. The zero-order valence-electron chi connectivity index (χ0n) is 10.8. The molecule has 1 heterocycles. The van der Waals surface area contributed by atoms with Gasteiger partial charge >= 0.3 is 5.97 Å². The maximum Gasteiger partial charge on any atom is 0.308 e. The van der Waals surface area contributed by atoms with Gasteiger partial charge in [0.15, 0.2) is 17.2 Å².